The second kappa shape index (κ2) is 7.60. The summed E-state index contributed by atoms with van der Waals surface area (Å²) in [6, 6.07) is 3.90. The number of aliphatic hydroxyl groups is 1. The van der Waals surface area contributed by atoms with Crippen molar-refractivity contribution in [3.05, 3.63) is 23.7 Å². The summed E-state index contributed by atoms with van der Waals surface area (Å²) < 4.78 is 5.80. The summed E-state index contributed by atoms with van der Waals surface area (Å²) in [6.45, 7) is 11.4. The Morgan fingerprint density at radius 1 is 1.50 bits per heavy atom. The van der Waals surface area contributed by atoms with Crippen LogP contribution in [0.25, 0.3) is 0 Å². The molecule has 0 aromatic carbocycles. The van der Waals surface area contributed by atoms with Crippen LogP contribution < -0.4 is 5.32 Å². The molecule has 2 N–H and O–H groups in total. The molecule has 5 nitrogen and oxygen atoms in total. The van der Waals surface area contributed by atoms with Crippen LogP contribution in [0.5, 0.6) is 0 Å². The number of hydrogen-bond donors (Lipinski definition) is 2. The van der Waals surface area contributed by atoms with E-state index >= 15 is 0 Å². The van der Waals surface area contributed by atoms with Gasteiger partial charge >= 0.3 is 6.03 Å². The standard InChI is InChI=1S/C19H32N2O3/c1-13-8-9-21(16(10-13)17-7-6-15(3)24-17)18(23)20-12-19(4,5)11-14(2)22/h6-7,13-14,16,22H,8-12H2,1-5H3,(H,20,23). The smallest absolute Gasteiger partial charge is 0.318 e. The summed E-state index contributed by atoms with van der Waals surface area (Å²) in [5.74, 6) is 2.33. The summed E-state index contributed by atoms with van der Waals surface area (Å²) in [5, 5.41) is 12.6. The second-order valence-electron chi connectivity index (χ2n) is 8.16. The van der Waals surface area contributed by atoms with Crippen molar-refractivity contribution in [2.45, 2.75) is 66.0 Å². The number of aliphatic hydroxyl groups excluding tert-OH is 1. The first-order valence-corrected chi connectivity index (χ1v) is 8.97. The van der Waals surface area contributed by atoms with Crippen LogP contribution >= 0.6 is 0 Å². The number of hydrogen-bond acceptors (Lipinski definition) is 3. The highest BCUT2D eigenvalue weighted by molar-refractivity contribution is 5.74. The average molecular weight is 336 g/mol. The number of nitrogens with one attached hydrogen (secondary N) is 1. The first-order valence-electron chi connectivity index (χ1n) is 8.97. The fraction of sp³-hybridized carbons (Fsp3) is 0.737. The molecule has 0 radical (unpaired) electrons. The Labute approximate surface area is 145 Å². The van der Waals surface area contributed by atoms with E-state index in [4.69, 9.17) is 4.42 Å². The van der Waals surface area contributed by atoms with Gasteiger partial charge in [-0.15, -0.1) is 0 Å². The predicted octanol–water partition coefficient (Wildman–Crippen LogP) is 3.87. The van der Waals surface area contributed by atoms with Gasteiger partial charge in [0.05, 0.1) is 12.1 Å². The van der Waals surface area contributed by atoms with Gasteiger partial charge in [-0.05, 0) is 56.6 Å². The highest BCUT2D eigenvalue weighted by Crippen LogP contribution is 2.35. The van der Waals surface area contributed by atoms with Crippen LogP contribution in [0.3, 0.4) is 0 Å². The molecule has 0 saturated carbocycles. The fourth-order valence-electron chi connectivity index (χ4n) is 3.58. The van der Waals surface area contributed by atoms with Crippen LogP contribution in [-0.2, 0) is 0 Å². The zero-order valence-corrected chi connectivity index (χ0v) is 15.6. The number of likely N-dealkylation sites (tertiary alicyclic amines) is 1. The molecule has 1 saturated heterocycles. The van der Waals surface area contributed by atoms with Gasteiger partial charge in [0.2, 0.25) is 0 Å². The molecule has 1 aromatic heterocycles. The molecule has 1 aromatic rings. The van der Waals surface area contributed by atoms with Crippen LogP contribution in [0, 0.1) is 18.3 Å². The van der Waals surface area contributed by atoms with Crippen LogP contribution in [0.1, 0.15) is 64.5 Å². The number of aryl methyl sites for hydroxylation is 1. The van der Waals surface area contributed by atoms with Crippen molar-refractivity contribution in [1.29, 1.82) is 0 Å². The van der Waals surface area contributed by atoms with Crippen molar-refractivity contribution >= 4 is 6.03 Å². The minimum Gasteiger partial charge on any atom is -0.464 e. The highest BCUT2D eigenvalue weighted by Gasteiger charge is 2.33. The molecule has 0 bridgehead atoms. The van der Waals surface area contributed by atoms with Gasteiger partial charge in [0.15, 0.2) is 0 Å². The minimum atomic E-state index is -0.369. The maximum absolute atomic E-state index is 12.7. The number of piperidine rings is 1. The molecular weight excluding hydrogens is 304 g/mol. The number of carbonyl (C=O) groups excluding carboxylic acids is 1. The monoisotopic (exact) mass is 336 g/mol. The molecule has 2 heterocycles. The Bertz CT molecular complexity index is 551. The molecule has 0 aliphatic carbocycles. The topological polar surface area (TPSA) is 65.7 Å². The summed E-state index contributed by atoms with van der Waals surface area (Å²) in [7, 11) is 0. The number of nitrogens with zero attached hydrogens (tertiary/aromatic N) is 1. The van der Waals surface area contributed by atoms with E-state index < -0.39 is 0 Å². The van der Waals surface area contributed by atoms with Gasteiger partial charge in [0.25, 0.3) is 0 Å². The normalized spacial score (nSPS) is 23.2. The quantitative estimate of drug-likeness (QED) is 0.858. The third-order valence-corrected chi connectivity index (χ3v) is 4.78. The largest absolute Gasteiger partial charge is 0.464 e. The molecule has 2 amide bonds. The number of amides is 2. The molecule has 3 atom stereocenters. The zero-order chi connectivity index (χ0) is 17.9. The van der Waals surface area contributed by atoms with E-state index in [2.05, 4.69) is 26.1 Å². The Morgan fingerprint density at radius 3 is 2.79 bits per heavy atom. The lowest BCUT2D eigenvalue weighted by Crippen LogP contribution is -2.48. The molecule has 3 unspecified atom stereocenters. The lowest BCUT2D eigenvalue weighted by atomic mass is 9.87. The number of rotatable bonds is 5. The first-order chi connectivity index (χ1) is 11.2. The van der Waals surface area contributed by atoms with Gasteiger partial charge < -0.3 is 19.7 Å². The summed E-state index contributed by atoms with van der Waals surface area (Å²) >= 11 is 0. The SMILES string of the molecule is Cc1ccc(C2CC(C)CCN2C(=O)NCC(C)(C)CC(C)O)o1. The van der Waals surface area contributed by atoms with Crippen molar-refractivity contribution in [2.75, 3.05) is 13.1 Å². The Balaban J connectivity index is 2.03. The van der Waals surface area contributed by atoms with Crippen molar-refractivity contribution in [2.24, 2.45) is 11.3 Å². The zero-order valence-electron chi connectivity index (χ0n) is 15.6. The van der Waals surface area contributed by atoms with E-state index in [-0.39, 0.29) is 23.6 Å². The fourth-order valence-corrected chi connectivity index (χ4v) is 3.58. The van der Waals surface area contributed by atoms with Gasteiger partial charge in [-0.25, -0.2) is 4.79 Å². The van der Waals surface area contributed by atoms with Crippen LogP contribution in [-0.4, -0.2) is 35.2 Å². The summed E-state index contributed by atoms with van der Waals surface area (Å²) in [5.41, 5.74) is -0.135. The third kappa shape index (κ3) is 5.00. The van der Waals surface area contributed by atoms with Crippen molar-refractivity contribution in [3.8, 4) is 0 Å². The summed E-state index contributed by atoms with van der Waals surface area (Å²) in [4.78, 5) is 14.6. The van der Waals surface area contributed by atoms with Crippen molar-refractivity contribution in [3.63, 3.8) is 0 Å². The minimum absolute atomic E-state index is 0.00216. The lowest BCUT2D eigenvalue weighted by Gasteiger charge is -2.38. The molecule has 1 aliphatic rings. The Hall–Kier alpha value is -1.49. The van der Waals surface area contributed by atoms with E-state index in [0.717, 1.165) is 30.9 Å². The molecule has 5 heteroatoms. The van der Waals surface area contributed by atoms with Crippen molar-refractivity contribution in [1.82, 2.24) is 10.2 Å². The molecule has 1 aliphatic heterocycles. The lowest BCUT2D eigenvalue weighted by molar-refractivity contribution is 0.108. The van der Waals surface area contributed by atoms with Gasteiger partial charge in [-0.2, -0.15) is 0 Å². The second-order valence-corrected chi connectivity index (χ2v) is 8.16. The van der Waals surface area contributed by atoms with Gasteiger partial charge in [0.1, 0.15) is 11.5 Å². The number of furan rings is 1. The molecular formula is C19H32N2O3. The van der Waals surface area contributed by atoms with E-state index in [9.17, 15) is 9.90 Å². The molecule has 136 valence electrons. The number of carbonyl (C=O) groups is 1. The first kappa shape index (κ1) is 18.8. The Morgan fingerprint density at radius 2 is 2.21 bits per heavy atom. The molecule has 0 spiro atoms. The summed E-state index contributed by atoms with van der Waals surface area (Å²) in [6.07, 6.45) is 2.23. The predicted molar refractivity (Wildman–Crippen MR) is 94.8 cm³/mol. The average Bonchev–Trinajstić information content (AvgIpc) is 2.90. The van der Waals surface area contributed by atoms with Crippen LogP contribution in [0.15, 0.2) is 16.5 Å². The molecule has 2 rings (SSSR count). The van der Waals surface area contributed by atoms with Crippen molar-refractivity contribution < 1.29 is 14.3 Å². The highest BCUT2D eigenvalue weighted by atomic mass is 16.3. The molecule has 1 fully saturated rings. The van der Waals surface area contributed by atoms with Crippen LogP contribution in [0.4, 0.5) is 4.79 Å². The number of urea groups is 1. The third-order valence-electron chi connectivity index (χ3n) is 4.78. The van der Waals surface area contributed by atoms with E-state index in [1.165, 1.54) is 0 Å². The maximum atomic E-state index is 12.7. The van der Waals surface area contributed by atoms with Gasteiger partial charge in [-0.3, -0.25) is 0 Å². The van der Waals surface area contributed by atoms with E-state index in [0.29, 0.717) is 18.9 Å². The Kier molecular flexibility index (Phi) is 5.97. The molecule has 24 heavy (non-hydrogen) atoms. The van der Waals surface area contributed by atoms with Gasteiger partial charge in [-0.1, -0.05) is 20.8 Å². The van der Waals surface area contributed by atoms with E-state index in [1.807, 2.05) is 24.0 Å². The van der Waals surface area contributed by atoms with Crippen LogP contribution in [0.2, 0.25) is 0 Å². The van der Waals surface area contributed by atoms with Gasteiger partial charge in [0, 0.05) is 13.1 Å². The van der Waals surface area contributed by atoms with E-state index in [1.54, 1.807) is 6.92 Å². The maximum Gasteiger partial charge on any atom is 0.318 e.